The second-order valence-electron chi connectivity index (χ2n) is 6.05. The molecule has 0 aromatic rings. The molecule has 1 unspecified atom stereocenters. The lowest BCUT2D eigenvalue weighted by molar-refractivity contribution is -0.144. The molecular weight excluding hydrogens is 172 g/mol. The van der Waals surface area contributed by atoms with E-state index in [4.69, 9.17) is 0 Å². The third-order valence-electron chi connectivity index (χ3n) is 5.15. The first-order chi connectivity index (χ1) is 6.56. The highest BCUT2D eigenvalue weighted by atomic mass is 15.3. The average Bonchev–Trinajstić information content (AvgIpc) is 2.24. The first kappa shape index (κ1) is 9.17. The van der Waals surface area contributed by atoms with Crippen molar-refractivity contribution in [2.45, 2.75) is 44.3 Å². The van der Waals surface area contributed by atoms with Crippen LogP contribution in [0.2, 0.25) is 0 Å². The summed E-state index contributed by atoms with van der Waals surface area (Å²) in [6.45, 7) is 6.07. The van der Waals surface area contributed by atoms with Crippen LogP contribution in [0.1, 0.15) is 26.7 Å². The molecule has 14 heavy (non-hydrogen) atoms. The SMILES string of the molecule is CC(C)N1C[C@H]2CC3(N(C)C)C[C@@H]1[C@@H]23. The summed E-state index contributed by atoms with van der Waals surface area (Å²) in [4.78, 5) is 5.23. The Hall–Kier alpha value is -0.0800. The average molecular weight is 194 g/mol. The molecule has 2 aliphatic carbocycles. The molecule has 0 bridgehead atoms. The minimum absolute atomic E-state index is 0.624. The fourth-order valence-electron chi connectivity index (χ4n) is 4.38. The minimum atomic E-state index is 0.624. The summed E-state index contributed by atoms with van der Waals surface area (Å²) in [6, 6.07) is 1.68. The monoisotopic (exact) mass is 194 g/mol. The van der Waals surface area contributed by atoms with Crippen molar-refractivity contribution < 1.29 is 0 Å². The van der Waals surface area contributed by atoms with Crippen LogP contribution in [0, 0.1) is 11.8 Å². The third-order valence-corrected chi connectivity index (χ3v) is 5.15. The number of likely N-dealkylation sites (tertiary alicyclic amines) is 1. The van der Waals surface area contributed by atoms with Gasteiger partial charge in [-0.3, -0.25) is 4.90 Å². The molecule has 2 saturated carbocycles. The zero-order chi connectivity index (χ0) is 10.1. The van der Waals surface area contributed by atoms with Gasteiger partial charge in [0.1, 0.15) is 0 Å². The maximum atomic E-state index is 2.74. The summed E-state index contributed by atoms with van der Waals surface area (Å²) in [5.41, 5.74) is 0.624. The van der Waals surface area contributed by atoms with Gasteiger partial charge >= 0.3 is 0 Å². The minimum Gasteiger partial charge on any atom is -0.303 e. The molecule has 0 N–H and O–H groups in total. The van der Waals surface area contributed by atoms with Crippen LogP contribution in [0.3, 0.4) is 0 Å². The number of hydrogen-bond donors (Lipinski definition) is 0. The largest absolute Gasteiger partial charge is 0.303 e. The summed E-state index contributed by atoms with van der Waals surface area (Å²) in [7, 11) is 4.54. The number of hydrogen-bond acceptors (Lipinski definition) is 2. The van der Waals surface area contributed by atoms with Gasteiger partial charge < -0.3 is 4.90 Å². The molecule has 2 nitrogen and oxygen atoms in total. The number of nitrogens with zero attached hydrogens (tertiary/aromatic N) is 2. The zero-order valence-electron chi connectivity index (χ0n) is 9.83. The van der Waals surface area contributed by atoms with Crippen LogP contribution in [0.4, 0.5) is 0 Å². The van der Waals surface area contributed by atoms with Crippen molar-refractivity contribution >= 4 is 0 Å². The summed E-state index contributed by atoms with van der Waals surface area (Å²) >= 11 is 0. The Labute approximate surface area is 87.3 Å². The molecule has 4 atom stereocenters. The molecule has 1 aliphatic heterocycles. The summed E-state index contributed by atoms with van der Waals surface area (Å²) in [5, 5.41) is 0. The van der Waals surface area contributed by atoms with E-state index in [1.807, 2.05) is 0 Å². The predicted molar refractivity (Wildman–Crippen MR) is 58.3 cm³/mol. The van der Waals surface area contributed by atoms with Gasteiger partial charge in [-0.2, -0.15) is 0 Å². The van der Waals surface area contributed by atoms with E-state index in [0.717, 1.165) is 23.9 Å². The molecule has 0 aromatic heterocycles. The molecule has 2 heteroatoms. The van der Waals surface area contributed by atoms with Crippen molar-refractivity contribution in [3.63, 3.8) is 0 Å². The third kappa shape index (κ3) is 0.809. The van der Waals surface area contributed by atoms with Gasteiger partial charge in [0.05, 0.1) is 0 Å². The molecule has 3 fully saturated rings. The van der Waals surface area contributed by atoms with Crippen LogP contribution in [-0.4, -0.2) is 48.1 Å². The normalized spacial score (nSPS) is 50.6. The Bertz CT molecular complexity index is 259. The van der Waals surface area contributed by atoms with Crippen LogP contribution in [0.5, 0.6) is 0 Å². The highest BCUT2D eigenvalue weighted by molar-refractivity contribution is 5.26. The van der Waals surface area contributed by atoms with Crippen molar-refractivity contribution in [3.05, 3.63) is 0 Å². The van der Waals surface area contributed by atoms with Gasteiger partial charge in [0, 0.05) is 24.2 Å². The van der Waals surface area contributed by atoms with Crippen LogP contribution in [0.25, 0.3) is 0 Å². The zero-order valence-corrected chi connectivity index (χ0v) is 9.83. The lowest BCUT2D eigenvalue weighted by atomic mass is 9.47. The quantitative estimate of drug-likeness (QED) is 0.656. The van der Waals surface area contributed by atoms with Gasteiger partial charge in [0.15, 0.2) is 0 Å². The van der Waals surface area contributed by atoms with E-state index in [2.05, 4.69) is 37.7 Å². The van der Waals surface area contributed by atoms with Crippen molar-refractivity contribution in [2.24, 2.45) is 11.8 Å². The van der Waals surface area contributed by atoms with E-state index in [1.165, 1.54) is 19.4 Å². The lowest BCUT2D eigenvalue weighted by Crippen LogP contribution is -2.73. The molecule has 0 aromatic carbocycles. The highest BCUT2D eigenvalue weighted by Crippen LogP contribution is 2.65. The maximum absolute atomic E-state index is 2.74. The smallest absolute Gasteiger partial charge is 0.0267 e. The topological polar surface area (TPSA) is 6.48 Å². The Morgan fingerprint density at radius 3 is 2.57 bits per heavy atom. The first-order valence-corrected chi connectivity index (χ1v) is 5.99. The molecule has 0 radical (unpaired) electrons. The lowest BCUT2D eigenvalue weighted by Gasteiger charge is -2.66. The Morgan fingerprint density at radius 2 is 2.00 bits per heavy atom. The van der Waals surface area contributed by atoms with Crippen LogP contribution in [0.15, 0.2) is 0 Å². The van der Waals surface area contributed by atoms with E-state index in [-0.39, 0.29) is 0 Å². The maximum Gasteiger partial charge on any atom is 0.0267 e. The molecule has 80 valence electrons. The van der Waals surface area contributed by atoms with Crippen molar-refractivity contribution in [1.29, 1.82) is 0 Å². The molecule has 0 amide bonds. The molecule has 0 spiro atoms. The van der Waals surface area contributed by atoms with Crippen LogP contribution in [-0.2, 0) is 0 Å². The summed E-state index contributed by atoms with van der Waals surface area (Å²) in [5.74, 6) is 2.04. The first-order valence-electron chi connectivity index (χ1n) is 5.99. The van der Waals surface area contributed by atoms with Gasteiger partial charge in [0.2, 0.25) is 0 Å². The summed E-state index contributed by atoms with van der Waals surface area (Å²) in [6.07, 6.45) is 2.89. The second kappa shape index (κ2) is 2.53. The van der Waals surface area contributed by atoms with E-state index in [1.54, 1.807) is 0 Å². The number of rotatable bonds is 2. The molecule has 1 heterocycles. The Balaban J connectivity index is 1.79. The molecule has 1 saturated heterocycles. The standard InChI is InChI=1S/C12H22N2/c1-8(2)14-7-9-5-12(13(3)4)6-10(14)11(9)12/h8-11H,5-7H2,1-4H3/t9-,10-,11-,12?/m1/s1. The Kier molecular flexibility index (Phi) is 1.66. The van der Waals surface area contributed by atoms with E-state index in [0.29, 0.717) is 5.54 Å². The highest BCUT2D eigenvalue weighted by Gasteiger charge is 2.71. The van der Waals surface area contributed by atoms with Gasteiger partial charge in [-0.25, -0.2) is 0 Å². The molecular formula is C12H22N2. The fraction of sp³-hybridized carbons (Fsp3) is 1.00. The van der Waals surface area contributed by atoms with Gasteiger partial charge in [-0.1, -0.05) is 0 Å². The van der Waals surface area contributed by atoms with Crippen LogP contribution < -0.4 is 0 Å². The van der Waals surface area contributed by atoms with E-state index < -0.39 is 0 Å². The second-order valence-corrected chi connectivity index (χ2v) is 6.05. The molecule has 3 aliphatic rings. The fourth-order valence-corrected chi connectivity index (χ4v) is 4.38. The van der Waals surface area contributed by atoms with Crippen molar-refractivity contribution in [2.75, 3.05) is 20.6 Å². The summed E-state index contributed by atoms with van der Waals surface area (Å²) < 4.78 is 0. The Morgan fingerprint density at radius 1 is 1.29 bits per heavy atom. The van der Waals surface area contributed by atoms with Gasteiger partial charge in [-0.05, 0) is 52.6 Å². The van der Waals surface area contributed by atoms with Crippen molar-refractivity contribution in [1.82, 2.24) is 9.80 Å². The predicted octanol–water partition coefficient (Wildman–Crippen LogP) is 1.42. The van der Waals surface area contributed by atoms with Gasteiger partial charge in [-0.15, -0.1) is 0 Å². The van der Waals surface area contributed by atoms with E-state index >= 15 is 0 Å². The van der Waals surface area contributed by atoms with Crippen LogP contribution >= 0.6 is 0 Å². The molecule has 3 rings (SSSR count). The van der Waals surface area contributed by atoms with Gasteiger partial charge in [0.25, 0.3) is 0 Å². The van der Waals surface area contributed by atoms with Crippen molar-refractivity contribution in [3.8, 4) is 0 Å². The van der Waals surface area contributed by atoms with E-state index in [9.17, 15) is 0 Å².